The van der Waals surface area contributed by atoms with Crippen LogP contribution in [0.4, 0.5) is 0 Å². The van der Waals surface area contributed by atoms with Gasteiger partial charge >= 0.3 is 5.97 Å². The second kappa shape index (κ2) is 9.82. The van der Waals surface area contributed by atoms with Crippen LogP contribution in [-0.2, 0) is 19.1 Å². The maximum Gasteiger partial charge on any atom is 0.334 e. The van der Waals surface area contributed by atoms with E-state index in [1.165, 1.54) is 0 Å². The molecule has 1 saturated heterocycles. The Kier molecular flexibility index (Phi) is 9.32. The molecule has 6 nitrogen and oxygen atoms in total. The number of rotatable bonds is 9. The van der Waals surface area contributed by atoms with Crippen LogP contribution >= 0.6 is 12.4 Å². The van der Waals surface area contributed by atoms with E-state index >= 15 is 0 Å². The van der Waals surface area contributed by atoms with Gasteiger partial charge < -0.3 is 20.9 Å². The van der Waals surface area contributed by atoms with Gasteiger partial charge in [-0.2, -0.15) is 0 Å². The van der Waals surface area contributed by atoms with Gasteiger partial charge in [-0.25, -0.2) is 4.79 Å². The van der Waals surface area contributed by atoms with Crippen LogP contribution in [0.2, 0.25) is 0 Å². The molecule has 0 aromatic rings. The molecule has 0 saturated carbocycles. The van der Waals surface area contributed by atoms with Gasteiger partial charge in [0.05, 0.1) is 12.9 Å². The van der Waals surface area contributed by atoms with Crippen LogP contribution in [0.5, 0.6) is 0 Å². The third-order valence-corrected chi connectivity index (χ3v) is 3.99. The number of carbonyl (C=O) groups is 2. The second-order valence-corrected chi connectivity index (χ2v) is 5.57. The SMILES string of the molecule is CC[C@H](C)C(N)COC=CCCC(=O)[C@@]1(N)CCOC1=O.Cl. The Morgan fingerprint density at radius 3 is 2.77 bits per heavy atom. The van der Waals surface area contributed by atoms with Crippen molar-refractivity contribution >= 4 is 24.2 Å². The first-order valence-electron chi connectivity index (χ1n) is 7.43. The van der Waals surface area contributed by atoms with E-state index in [1.54, 1.807) is 12.3 Å². The summed E-state index contributed by atoms with van der Waals surface area (Å²) in [6, 6.07) is 0.00171. The first-order chi connectivity index (χ1) is 9.91. The molecule has 1 rings (SSSR count). The molecule has 1 aliphatic rings. The predicted octanol–water partition coefficient (Wildman–Crippen LogP) is 1.31. The molecule has 0 bridgehead atoms. The van der Waals surface area contributed by atoms with Crippen LogP contribution in [0.25, 0.3) is 0 Å². The summed E-state index contributed by atoms with van der Waals surface area (Å²) in [6.45, 7) is 4.83. The highest BCUT2D eigenvalue weighted by Crippen LogP contribution is 2.20. The number of ketones is 1. The summed E-state index contributed by atoms with van der Waals surface area (Å²) in [4.78, 5) is 23.3. The van der Waals surface area contributed by atoms with Crippen LogP contribution in [0.15, 0.2) is 12.3 Å². The van der Waals surface area contributed by atoms with Crippen molar-refractivity contribution in [2.75, 3.05) is 13.2 Å². The topological polar surface area (TPSA) is 105 Å². The zero-order chi connectivity index (χ0) is 15.9. The van der Waals surface area contributed by atoms with Gasteiger partial charge in [-0.15, -0.1) is 12.4 Å². The zero-order valence-corrected chi connectivity index (χ0v) is 14.1. The van der Waals surface area contributed by atoms with Crippen molar-refractivity contribution in [3.63, 3.8) is 0 Å². The third-order valence-electron chi connectivity index (χ3n) is 3.99. The van der Waals surface area contributed by atoms with Crippen LogP contribution in [0, 0.1) is 5.92 Å². The largest absolute Gasteiger partial charge is 0.500 e. The van der Waals surface area contributed by atoms with E-state index in [0.717, 1.165) is 6.42 Å². The lowest BCUT2D eigenvalue weighted by Gasteiger charge is -2.17. The van der Waals surface area contributed by atoms with Crippen molar-refractivity contribution < 1.29 is 19.1 Å². The minimum Gasteiger partial charge on any atom is -0.500 e. The molecule has 0 aromatic carbocycles. The Hall–Kier alpha value is -1.11. The Labute approximate surface area is 138 Å². The van der Waals surface area contributed by atoms with Crippen molar-refractivity contribution in [2.24, 2.45) is 17.4 Å². The van der Waals surface area contributed by atoms with Crippen LogP contribution < -0.4 is 11.5 Å². The number of esters is 1. The zero-order valence-electron chi connectivity index (χ0n) is 13.2. The van der Waals surface area contributed by atoms with E-state index in [4.69, 9.17) is 20.9 Å². The summed E-state index contributed by atoms with van der Waals surface area (Å²) < 4.78 is 10.1. The number of Topliss-reactive ketones (excluding diaryl/α,β-unsaturated/α-hetero) is 1. The van der Waals surface area contributed by atoms with Crippen LogP contribution in [0.3, 0.4) is 0 Å². The summed E-state index contributed by atoms with van der Waals surface area (Å²) in [5.41, 5.74) is 10.3. The van der Waals surface area contributed by atoms with Crippen molar-refractivity contribution in [1.82, 2.24) is 0 Å². The molecule has 1 aliphatic heterocycles. The van der Waals surface area contributed by atoms with Gasteiger partial charge in [-0.05, 0) is 18.4 Å². The van der Waals surface area contributed by atoms with Crippen LogP contribution in [0.1, 0.15) is 39.5 Å². The van der Waals surface area contributed by atoms with E-state index in [1.807, 2.05) is 0 Å². The van der Waals surface area contributed by atoms with Crippen molar-refractivity contribution in [2.45, 2.75) is 51.1 Å². The standard InChI is InChI=1S/C15H26N2O4.ClH/c1-3-11(2)12(16)10-20-8-5-4-6-13(18)15(17)7-9-21-14(15)19;/h5,8,11-12H,3-4,6-7,9-10,16-17H2,1-2H3;1H/t11-,12?,15-;/m0./s1. The van der Waals surface area contributed by atoms with Gasteiger partial charge in [0, 0.05) is 18.9 Å². The highest BCUT2D eigenvalue weighted by molar-refractivity contribution is 6.09. The van der Waals surface area contributed by atoms with Crippen molar-refractivity contribution in [3.8, 4) is 0 Å². The molecule has 22 heavy (non-hydrogen) atoms. The fraction of sp³-hybridized carbons (Fsp3) is 0.733. The molecular formula is C15H27ClN2O4. The number of nitrogens with two attached hydrogens (primary N) is 2. The molecule has 1 fully saturated rings. The number of halogens is 1. The minimum atomic E-state index is -1.45. The molecule has 3 atom stereocenters. The van der Waals surface area contributed by atoms with Gasteiger partial charge in [0.25, 0.3) is 0 Å². The molecule has 0 amide bonds. The van der Waals surface area contributed by atoms with E-state index in [-0.39, 0.29) is 43.7 Å². The van der Waals surface area contributed by atoms with E-state index < -0.39 is 11.5 Å². The quantitative estimate of drug-likeness (QED) is 0.374. The summed E-state index contributed by atoms with van der Waals surface area (Å²) in [5.74, 6) is -0.497. The van der Waals surface area contributed by atoms with Gasteiger partial charge in [0.2, 0.25) is 0 Å². The van der Waals surface area contributed by atoms with Gasteiger partial charge in [0.15, 0.2) is 11.3 Å². The number of ether oxygens (including phenoxy) is 2. The monoisotopic (exact) mass is 334 g/mol. The van der Waals surface area contributed by atoms with E-state index in [9.17, 15) is 9.59 Å². The summed E-state index contributed by atoms with van der Waals surface area (Å²) in [5, 5.41) is 0. The first kappa shape index (κ1) is 20.9. The van der Waals surface area contributed by atoms with E-state index in [0.29, 0.717) is 18.9 Å². The molecule has 0 aromatic heterocycles. The van der Waals surface area contributed by atoms with Gasteiger partial charge in [-0.3, -0.25) is 4.79 Å². The Bertz CT molecular complexity index is 403. The summed E-state index contributed by atoms with van der Waals surface area (Å²) >= 11 is 0. The first-order valence-corrected chi connectivity index (χ1v) is 7.43. The molecule has 4 N–H and O–H groups in total. The molecule has 0 radical (unpaired) electrons. The highest BCUT2D eigenvalue weighted by atomic mass is 35.5. The highest BCUT2D eigenvalue weighted by Gasteiger charge is 2.46. The molecule has 128 valence electrons. The molecule has 1 heterocycles. The third kappa shape index (κ3) is 5.59. The number of hydrogen-bond donors (Lipinski definition) is 2. The fourth-order valence-corrected chi connectivity index (χ4v) is 2.00. The number of hydrogen-bond acceptors (Lipinski definition) is 6. The number of cyclic esters (lactones) is 1. The van der Waals surface area contributed by atoms with Crippen LogP contribution in [-0.4, -0.2) is 36.5 Å². The molecule has 0 spiro atoms. The number of carbonyl (C=O) groups excluding carboxylic acids is 2. The summed E-state index contributed by atoms with van der Waals surface area (Å²) in [6.07, 6.45) is 5.23. The normalized spacial score (nSPS) is 23.7. The Morgan fingerprint density at radius 2 is 2.23 bits per heavy atom. The lowest BCUT2D eigenvalue weighted by molar-refractivity contribution is -0.146. The van der Waals surface area contributed by atoms with Crippen molar-refractivity contribution in [3.05, 3.63) is 12.3 Å². The molecular weight excluding hydrogens is 308 g/mol. The smallest absolute Gasteiger partial charge is 0.334 e. The van der Waals surface area contributed by atoms with Crippen molar-refractivity contribution in [1.29, 1.82) is 0 Å². The average Bonchev–Trinajstić information content (AvgIpc) is 2.82. The van der Waals surface area contributed by atoms with E-state index in [2.05, 4.69) is 13.8 Å². The maximum atomic E-state index is 11.9. The molecule has 7 heteroatoms. The molecule has 0 aliphatic carbocycles. The second-order valence-electron chi connectivity index (χ2n) is 5.57. The fourth-order valence-electron chi connectivity index (χ4n) is 2.00. The average molecular weight is 335 g/mol. The lowest BCUT2D eigenvalue weighted by atomic mass is 9.91. The van der Waals surface area contributed by atoms with Gasteiger partial charge in [-0.1, -0.05) is 20.3 Å². The molecule has 1 unspecified atom stereocenters. The maximum absolute atomic E-state index is 11.9. The minimum absolute atomic E-state index is 0. The predicted molar refractivity (Wildman–Crippen MR) is 86.5 cm³/mol. The Balaban J connectivity index is 0.00000441. The Morgan fingerprint density at radius 1 is 1.55 bits per heavy atom. The number of allylic oxidation sites excluding steroid dienone is 1. The van der Waals surface area contributed by atoms with Gasteiger partial charge in [0.1, 0.15) is 6.61 Å². The summed E-state index contributed by atoms with van der Waals surface area (Å²) in [7, 11) is 0. The lowest BCUT2D eigenvalue weighted by Crippen LogP contribution is -2.51.